The van der Waals surface area contributed by atoms with Crippen molar-refractivity contribution in [1.29, 1.82) is 0 Å². The topological polar surface area (TPSA) is 75.4 Å². The summed E-state index contributed by atoms with van der Waals surface area (Å²) >= 11 is 0. The average Bonchev–Trinajstić information content (AvgIpc) is 2.55. The molecule has 0 aromatic heterocycles. The summed E-state index contributed by atoms with van der Waals surface area (Å²) in [6.45, 7) is 3.79. The Morgan fingerprint density at radius 1 is 1.17 bits per heavy atom. The number of hydrogen-bond donors (Lipinski definition) is 2. The minimum Gasteiger partial charge on any atom is -0.396 e. The van der Waals surface area contributed by atoms with Crippen molar-refractivity contribution in [2.75, 3.05) is 6.61 Å². The van der Waals surface area contributed by atoms with Crippen LogP contribution in [0.5, 0.6) is 0 Å². The van der Waals surface area contributed by atoms with Gasteiger partial charge in [-0.2, -0.15) is 0 Å². The van der Waals surface area contributed by atoms with Crippen LogP contribution in [0.25, 0.3) is 0 Å². The van der Waals surface area contributed by atoms with Crippen molar-refractivity contribution >= 4 is 5.69 Å². The largest absolute Gasteiger partial charge is 0.396 e. The van der Waals surface area contributed by atoms with E-state index in [4.69, 9.17) is 0 Å². The van der Waals surface area contributed by atoms with Crippen LogP contribution in [0.2, 0.25) is 0 Å². The van der Waals surface area contributed by atoms with E-state index >= 15 is 0 Å². The number of nitrogens with one attached hydrogen (secondary N) is 1. The molecule has 0 spiro atoms. The van der Waals surface area contributed by atoms with Gasteiger partial charge in [0, 0.05) is 30.3 Å². The zero-order chi connectivity index (χ0) is 16.8. The zero-order valence-electron chi connectivity index (χ0n) is 13.4. The summed E-state index contributed by atoms with van der Waals surface area (Å²) in [5, 5.41) is 23.9. The van der Waals surface area contributed by atoms with Gasteiger partial charge in [-0.15, -0.1) is 0 Å². The van der Waals surface area contributed by atoms with Crippen LogP contribution in [0.4, 0.5) is 5.69 Å². The van der Waals surface area contributed by atoms with Gasteiger partial charge < -0.3 is 10.4 Å². The third-order valence-corrected chi connectivity index (χ3v) is 4.00. The minimum absolute atomic E-state index is 0.00319. The van der Waals surface area contributed by atoms with Gasteiger partial charge in [0.25, 0.3) is 5.69 Å². The van der Waals surface area contributed by atoms with Gasteiger partial charge in [0.15, 0.2) is 0 Å². The van der Waals surface area contributed by atoms with Gasteiger partial charge in [0.05, 0.1) is 4.92 Å². The van der Waals surface area contributed by atoms with E-state index in [-0.39, 0.29) is 29.3 Å². The Hall–Kier alpha value is -2.24. The van der Waals surface area contributed by atoms with Gasteiger partial charge in [-0.3, -0.25) is 10.1 Å². The molecule has 0 aliphatic carbocycles. The molecule has 2 aromatic rings. The molecular formula is C18H22N2O3. The van der Waals surface area contributed by atoms with E-state index in [0.717, 1.165) is 11.1 Å². The predicted octanol–water partition coefficient (Wildman–Crippen LogP) is 3.68. The van der Waals surface area contributed by atoms with Crippen molar-refractivity contribution in [2.24, 2.45) is 0 Å². The summed E-state index contributed by atoms with van der Waals surface area (Å²) in [7, 11) is 0. The van der Waals surface area contributed by atoms with Crippen molar-refractivity contribution in [3.05, 3.63) is 75.3 Å². The summed E-state index contributed by atoms with van der Waals surface area (Å²) in [6, 6.07) is 15.1. The average molecular weight is 314 g/mol. The van der Waals surface area contributed by atoms with Crippen molar-refractivity contribution in [3.63, 3.8) is 0 Å². The maximum atomic E-state index is 11.1. The Balaban J connectivity index is 2.20. The second kappa shape index (κ2) is 7.85. The van der Waals surface area contributed by atoms with Crippen LogP contribution in [0.15, 0.2) is 48.5 Å². The molecule has 0 aliphatic heterocycles. The van der Waals surface area contributed by atoms with Crippen molar-refractivity contribution in [1.82, 2.24) is 5.32 Å². The monoisotopic (exact) mass is 314 g/mol. The summed E-state index contributed by atoms with van der Waals surface area (Å²) < 4.78 is 0. The number of aryl methyl sites for hydroxylation is 1. The van der Waals surface area contributed by atoms with Crippen LogP contribution in [-0.2, 0) is 0 Å². The molecule has 2 aromatic carbocycles. The Morgan fingerprint density at radius 2 is 1.87 bits per heavy atom. The molecule has 5 heteroatoms. The number of aliphatic hydroxyl groups is 1. The minimum atomic E-state index is -0.353. The maximum absolute atomic E-state index is 11.1. The fourth-order valence-corrected chi connectivity index (χ4v) is 2.65. The Bertz CT molecular complexity index is 659. The highest BCUT2D eigenvalue weighted by Crippen LogP contribution is 2.26. The lowest BCUT2D eigenvalue weighted by molar-refractivity contribution is -0.385. The van der Waals surface area contributed by atoms with Gasteiger partial charge in [0.2, 0.25) is 0 Å². The number of aliphatic hydroxyl groups excluding tert-OH is 1. The van der Waals surface area contributed by atoms with Gasteiger partial charge >= 0.3 is 0 Å². The lowest BCUT2D eigenvalue weighted by atomic mass is 10.00. The van der Waals surface area contributed by atoms with Gasteiger partial charge in [-0.05, 0) is 31.4 Å². The van der Waals surface area contributed by atoms with Gasteiger partial charge in [-0.25, -0.2) is 0 Å². The SMILES string of the molecule is Cc1ccc(C(C)N[C@H](CCO)c2ccccc2)cc1[N+](=O)[O-]. The van der Waals surface area contributed by atoms with E-state index < -0.39 is 0 Å². The molecule has 2 rings (SSSR count). The van der Waals surface area contributed by atoms with Gasteiger partial charge in [-0.1, -0.05) is 42.5 Å². The lowest BCUT2D eigenvalue weighted by Gasteiger charge is -2.23. The predicted molar refractivity (Wildman–Crippen MR) is 90.3 cm³/mol. The van der Waals surface area contributed by atoms with E-state index in [1.54, 1.807) is 19.1 Å². The third kappa shape index (κ3) is 4.37. The third-order valence-electron chi connectivity index (χ3n) is 4.00. The summed E-state index contributed by atoms with van der Waals surface area (Å²) in [5.74, 6) is 0. The van der Waals surface area contributed by atoms with Crippen LogP contribution >= 0.6 is 0 Å². The summed E-state index contributed by atoms with van der Waals surface area (Å²) in [5.41, 5.74) is 2.74. The Morgan fingerprint density at radius 3 is 2.48 bits per heavy atom. The normalized spacial score (nSPS) is 13.5. The Labute approximate surface area is 136 Å². The molecule has 5 nitrogen and oxygen atoms in total. The van der Waals surface area contributed by atoms with Crippen LogP contribution in [0.1, 0.15) is 42.1 Å². The molecular weight excluding hydrogens is 292 g/mol. The summed E-state index contributed by atoms with van der Waals surface area (Å²) in [6.07, 6.45) is 0.586. The van der Waals surface area contributed by atoms with Crippen LogP contribution < -0.4 is 5.32 Å². The highest BCUT2D eigenvalue weighted by Gasteiger charge is 2.18. The molecule has 2 N–H and O–H groups in total. The fourth-order valence-electron chi connectivity index (χ4n) is 2.65. The number of hydrogen-bond acceptors (Lipinski definition) is 4. The van der Waals surface area contributed by atoms with E-state index in [9.17, 15) is 15.2 Å². The van der Waals surface area contributed by atoms with E-state index in [2.05, 4.69) is 5.32 Å². The van der Waals surface area contributed by atoms with Gasteiger partial charge in [0.1, 0.15) is 0 Å². The number of nitro groups is 1. The van der Waals surface area contributed by atoms with Crippen LogP contribution in [0.3, 0.4) is 0 Å². The molecule has 0 heterocycles. The molecule has 122 valence electrons. The molecule has 2 atom stereocenters. The first-order valence-electron chi connectivity index (χ1n) is 7.69. The Kier molecular flexibility index (Phi) is 5.84. The number of benzene rings is 2. The highest BCUT2D eigenvalue weighted by molar-refractivity contribution is 5.43. The van der Waals surface area contributed by atoms with Crippen molar-refractivity contribution in [3.8, 4) is 0 Å². The first-order chi connectivity index (χ1) is 11.0. The van der Waals surface area contributed by atoms with Crippen molar-refractivity contribution in [2.45, 2.75) is 32.4 Å². The molecule has 0 aliphatic rings. The fraction of sp³-hybridized carbons (Fsp3) is 0.333. The number of rotatable bonds is 7. The molecule has 0 bridgehead atoms. The number of nitrogens with zero attached hydrogens (tertiary/aromatic N) is 1. The lowest BCUT2D eigenvalue weighted by Crippen LogP contribution is -2.25. The van der Waals surface area contributed by atoms with E-state index in [0.29, 0.717) is 12.0 Å². The maximum Gasteiger partial charge on any atom is 0.272 e. The van der Waals surface area contributed by atoms with E-state index in [1.807, 2.05) is 43.3 Å². The second-order valence-electron chi connectivity index (χ2n) is 5.67. The molecule has 0 fully saturated rings. The quantitative estimate of drug-likeness (QED) is 0.604. The first kappa shape index (κ1) is 17.1. The molecule has 23 heavy (non-hydrogen) atoms. The molecule has 0 amide bonds. The number of nitro benzene ring substituents is 1. The molecule has 0 saturated heterocycles. The molecule has 0 saturated carbocycles. The smallest absolute Gasteiger partial charge is 0.272 e. The standard InChI is InChI=1S/C18H22N2O3/c1-13-8-9-16(12-18(13)20(22)23)14(2)19-17(10-11-21)15-6-4-3-5-7-15/h3-9,12,14,17,19,21H,10-11H2,1-2H3/t14?,17-/m1/s1. The molecule has 1 unspecified atom stereocenters. The highest BCUT2D eigenvalue weighted by atomic mass is 16.6. The zero-order valence-corrected chi connectivity index (χ0v) is 13.4. The first-order valence-corrected chi connectivity index (χ1v) is 7.69. The van der Waals surface area contributed by atoms with Crippen molar-refractivity contribution < 1.29 is 10.0 Å². The second-order valence-corrected chi connectivity index (χ2v) is 5.67. The van der Waals surface area contributed by atoms with Crippen LogP contribution in [-0.4, -0.2) is 16.6 Å². The molecule has 0 radical (unpaired) electrons. The van der Waals surface area contributed by atoms with Crippen LogP contribution in [0, 0.1) is 17.0 Å². The van der Waals surface area contributed by atoms with E-state index in [1.165, 1.54) is 0 Å². The summed E-state index contributed by atoms with van der Waals surface area (Å²) in [4.78, 5) is 10.7.